The van der Waals surface area contributed by atoms with Gasteiger partial charge in [0.05, 0.1) is 0 Å². The van der Waals surface area contributed by atoms with Crippen LogP contribution < -0.4 is 9.79 Å². The Kier molecular flexibility index (Phi) is 12.5. The maximum absolute atomic E-state index is 10.7. The van der Waals surface area contributed by atoms with E-state index in [1.807, 2.05) is 0 Å². The summed E-state index contributed by atoms with van der Waals surface area (Å²) >= 11 is 5.26. The zero-order valence-electron chi connectivity index (χ0n) is 8.90. The van der Waals surface area contributed by atoms with Gasteiger partial charge >= 0.3 is 19.5 Å². The molecule has 0 bridgehead atoms. The van der Waals surface area contributed by atoms with Crippen LogP contribution in [-0.2, 0) is 31.3 Å². The summed E-state index contributed by atoms with van der Waals surface area (Å²) in [6.07, 6.45) is 4.52. The Labute approximate surface area is 109 Å². The van der Waals surface area contributed by atoms with Crippen LogP contribution in [-0.4, -0.2) is 5.75 Å². The number of hydrogen-bond donors (Lipinski definition) is 0. The minimum atomic E-state index is -3.51. The van der Waals surface area contributed by atoms with E-state index in [1.54, 1.807) is 0 Å². The third kappa shape index (κ3) is 11.6. The first kappa shape index (κ1) is 17.9. The Balaban J connectivity index is 0. The van der Waals surface area contributed by atoms with Crippen molar-refractivity contribution in [2.45, 2.75) is 39.5 Å². The van der Waals surface area contributed by atoms with Gasteiger partial charge in [-0.25, -0.2) is 0 Å². The van der Waals surface area contributed by atoms with Crippen molar-refractivity contribution in [2.24, 2.45) is 5.92 Å². The number of rotatable bonds is 7. The van der Waals surface area contributed by atoms with Crippen LogP contribution >= 0.6 is 17.1 Å². The summed E-state index contributed by atoms with van der Waals surface area (Å²) < 4.78 is 0. The topological polar surface area (TPSA) is 46.1 Å². The minimum Gasteiger partial charge on any atom is -0.825 e. The van der Waals surface area contributed by atoms with Gasteiger partial charge in [-0.3, -0.25) is 0 Å². The predicted molar refractivity (Wildman–Crippen MR) is 60.0 cm³/mol. The molecule has 0 fully saturated rings. The second kappa shape index (κ2) is 9.75. The van der Waals surface area contributed by atoms with E-state index in [0.717, 1.165) is 24.2 Å². The number of hydrogen-bond acceptors (Lipinski definition) is 4. The van der Waals surface area contributed by atoms with E-state index in [1.165, 1.54) is 12.8 Å². The van der Waals surface area contributed by atoms with Crippen molar-refractivity contribution in [3.05, 3.63) is 0 Å². The van der Waals surface area contributed by atoms with Crippen molar-refractivity contribution >= 4 is 28.9 Å². The summed E-state index contributed by atoms with van der Waals surface area (Å²) in [6.45, 7) is 4.24. The fraction of sp³-hybridized carbons (Fsp3) is 1.00. The largest absolute Gasteiger partial charge is 2.00 e. The van der Waals surface area contributed by atoms with E-state index in [0.29, 0.717) is 11.7 Å². The Morgan fingerprint density at radius 1 is 1.36 bits per heavy atom. The monoisotopic (exact) mass is 304 g/mol. The minimum absolute atomic E-state index is 0. The van der Waals surface area contributed by atoms with Crippen LogP contribution in [0.2, 0.25) is 0 Å². The molecule has 6 heteroatoms. The van der Waals surface area contributed by atoms with Crippen LogP contribution in [0.3, 0.4) is 0 Å². The van der Waals surface area contributed by atoms with Crippen molar-refractivity contribution in [3.8, 4) is 0 Å². The van der Waals surface area contributed by atoms with Crippen LogP contribution in [0.4, 0.5) is 0 Å². The third-order valence-corrected chi connectivity index (χ3v) is 5.29. The van der Waals surface area contributed by atoms with E-state index in [9.17, 15) is 9.79 Å². The van der Waals surface area contributed by atoms with Crippen molar-refractivity contribution in [1.82, 2.24) is 0 Å². The molecule has 0 N–H and O–H groups in total. The molecule has 0 heterocycles. The molecule has 0 aromatic heterocycles. The van der Waals surface area contributed by atoms with Crippen LogP contribution in [0.1, 0.15) is 39.5 Å². The molecule has 1 unspecified atom stereocenters. The van der Waals surface area contributed by atoms with E-state index < -0.39 is 5.69 Å². The van der Waals surface area contributed by atoms with Gasteiger partial charge in [0.1, 0.15) is 0 Å². The molecule has 1 atom stereocenters. The van der Waals surface area contributed by atoms with Gasteiger partial charge in [0, 0.05) is 0 Å². The molecule has 0 aromatic rings. The van der Waals surface area contributed by atoms with E-state index >= 15 is 0 Å². The van der Waals surface area contributed by atoms with Crippen molar-refractivity contribution < 1.29 is 29.3 Å². The molecule has 0 saturated heterocycles. The zero-order chi connectivity index (χ0) is 10.3. The van der Waals surface area contributed by atoms with E-state index in [4.69, 9.17) is 0 Å². The molecule has 0 radical (unpaired) electrons. The molecule has 14 heavy (non-hydrogen) atoms. The molecule has 0 aliphatic heterocycles. The van der Waals surface area contributed by atoms with Gasteiger partial charge in [-0.05, 0) is 18.1 Å². The van der Waals surface area contributed by atoms with Crippen molar-refractivity contribution in [2.75, 3.05) is 5.75 Å². The molecule has 0 aliphatic rings. The fourth-order valence-electron chi connectivity index (χ4n) is 1.09. The van der Waals surface area contributed by atoms with E-state index in [2.05, 4.69) is 25.7 Å². The molecule has 0 aliphatic carbocycles. The van der Waals surface area contributed by atoms with Crippen LogP contribution in [0, 0.1) is 5.92 Å². The summed E-state index contributed by atoms with van der Waals surface area (Å²) in [6, 6.07) is 0. The second-order valence-electron chi connectivity index (χ2n) is 3.16. The third-order valence-electron chi connectivity index (χ3n) is 2.01. The molecule has 80 valence electrons. The van der Waals surface area contributed by atoms with Gasteiger partial charge < -0.3 is 9.79 Å². The fourth-order valence-corrected chi connectivity index (χ4v) is 3.62. The molecule has 2 nitrogen and oxygen atoms in total. The molecule has 0 spiro atoms. The molecule has 0 aromatic carbocycles. The van der Waals surface area contributed by atoms with Crippen LogP contribution in [0.25, 0.3) is 0 Å². The zero-order valence-corrected chi connectivity index (χ0v) is 14.4. The quantitative estimate of drug-likeness (QED) is 0.532. The first-order valence-corrected chi connectivity index (χ1v) is 8.89. The van der Waals surface area contributed by atoms with Gasteiger partial charge in [-0.2, -0.15) is 17.1 Å². The maximum atomic E-state index is 10.7. The Hall–Kier alpha value is 1.54. The standard InChI is InChI=1S/C8H19O2PS2.Zn/c1-3-5-6-8(4-2)7-13-11(9,10)12;/h8H,3-7H2,1-2H3,(H2,9,10,12);/q;+2/p-2. The molecular formula is C8H17O2PS2Zn. The first-order valence-electron chi connectivity index (χ1n) is 4.66. The second-order valence-corrected chi connectivity index (χ2v) is 9.00. The van der Waals surface area contributed by atoms with Gasteiger partial charge in [0.25, 0.3) is 0 Å². The first-order chi connectivity index (χ1) is 5.99. The Morgan fingerprint density at radius 3 is 2.29 bits per heavy atom. The normalized spacial score (nSPS) is 13.4. The van der Waals surface area contributed by atoms with Crippen molar-refractivity contribution in [3.63, 3.8) is 0 Å². The summed E-state index contributed by atoms with van der Waals surface area (Å²) in [7, 11) is 0. The molecular weight excluding hydrogens is 289 g/mol. The predicted octanol–water partition coefficient (Wildman–Crippen LogP) is 1.88. The molecule has 0 saturated carbocycles. The average molecular weight is 306 g/mol. The van der Waals surface area contributed by atoms with Gasteiger partial charge in [-0.1, -0.05) is 33.1 Å². The van der Waals surface area contributed by atoms with Crippen molar-refractivity contribution in [1.29, 1.82) is 0 Å². The molecule has 0 rings (SSSR count). The van der Waals surface area contributed by atoms with Crippen LogP contribution in [0.5, 0.6) is 0 Å². The maximum Gasteiger partial charge on any atom is 2.00 e. The smallest absolute Gasteiger partial charge is 0.825 e. The van der Waals surface area contributed by atoms with Gasteiger partial charge in [0.15, 0.2) is 0 Å². The van der Waals surface area contributed by atoms with Gasteiger partial charge in [0.2, 0.25) is 0 Å². The summed E-state index contributed by atoms with van der Waals surface area (Å²) in [5.41, 5.74) is -3.51. The number of unbranched alkanes of at least 4 members (excludes halogenated alkanes) is 1. The van der Waals surface area contributed by atoms with Crippen LogP contribution in [0.15, 0.2) is 0 Å². The Morgan fingerprint density at radius 2 is 1.93 bits per heavy atom. The van der Waals surface area contributed by atoms with Gasteiger partial charge in [-0.15, -0.1) is 11.8 Å². The molecule has 0 amide bonds. The SMILES string of the molecule is CCCCC(CC)CSP([O-])([O-])=S.[Zn+2]. The Bertz CT molecular complexity index is 175. The summed E-state index contributed by atoms with van der Waals surface area (Å²) in [5.74, 6) is 1.18. The van der Waals surface area contributed by atoms with E-state index in [-0.39, 0.29) is 19.5 Å². The summed E-state index contributed by atoms with van der Waals surface area (Å²) in [4.78, 5) is 21.5. The summed E-state index contributed by atoms with van der Waals surface area (Å²) in [5, 5.41) is 0. The average Bonchev–Trinajstić information content (AvgIpc) is 2.03.